The Balaban J connectivity index is 1.50. The summed E-state index contributed by atoms with van der Waals surface area (Å²) in [7, 11) is -2.41. The van der Waals surface area contributed by atoms with Gasteiger partial charge in [0.25, 0.3) is 0 Å². The van der Waals surface area contributed by atoms with E-state index in [9.17, 15) is 13.2 Å². The summed E-state index contributed by atoms with van der Waals surface area (Å²) in [4.78, 5) is 17.4. The van der Waals surface area contributed by atoms with Crippen molar-refractivity contribution in [3.63, 3.8) is 0 Å². The van der Waals surface area contributed by atoms with Crippen molar-refractivity contribution in [3.8, 4) is 5.75 Å². The van der Waals surface area contributed by atoms with Gasteiger partial charge in [0.1, 0.15) is 5.75 Å². The van der Waals surface area contributed by atoms with Crippen molar-refractivity contribution in [2.45, 2.75) is 43.0 Å². The van der Waals surface area contributed by atoms with Crippen LogP contribution in [0.5, 0.6) is 5.75 Å². The van der Waals surface area contributed by atoms with Gasteiger partial charge in [-0.2, -0.15) is 4.31 Å². The topological polar surface area (TPSA) is 70.2 Å². The summed E-state index contributed by atoms with van der Waals surface area (Å²) in [5, 5.41) is 0.232. The Kier molecular flexibility index (Phi) is 8.01. The molecule has 1 saturated carbocycles. The summed E-state index contributed by atoms with van der Waals surface area (Å²) < 4.78 is 34.0. The molecule has 2 aromatic rings. The lowest BCUT2D eigenvalue weighted by Gasteiger charge is -2.38. The lowest BCUT2D eigenvalue weighted by molar-refractivity contribution is -0.132. The lowest BCUT2D eigenvalue weighted by atomic mass is 9.95. The van der Waals surface area contributed by atoms with E-state index in [0.29, 0.717) is 18.8 Å². The zero-order valence-electron chi connectivity index (χ0n) is 19.5. The molecule has 1 amide bonds. The number of sulfonamides is 1. The third-order valence-electron chi connectivity index (χ3n) is 6.76. The fraction of sp³-hybridized carbons (Fsp3) is 0.480. The molecule has 4 rings (SSSR count). The molecule has 1 aliphatic carbocycles. The van der Waals surface area contributed by atoms with Gasteiger partial charge in [-0.25, -0.2) is 8.42 Å². The molecule has 184 valence electrons. The Morgan fingerprint density at radius 3 is 2.32 bits per heavy atom. The third kappa shape index (κ3) is 5.50. The van der Waals surface area contributed by atoms with E-state index in [1.54, 1.807) is 11.0 Å². The molecular formula is C25H32ClN3O4S. The number of rotatable bonds is 7. The number of hydrogen-bond acceptors (Lipinski definition) is 5. The average Bonchev–Trinajstić information content (AvgIpc) is 2.88. The number of carbonyl (C=O) groups is 1. The maximum Gasteiger partial charge on any atom is 0.243 e. The normalized spacial score (nSPS) is 17.7. The Bertz CT molecular complexity index is 1080. The van der Waals surface area contributed by atoms with Crippen LogP contribution < -0.4 is 9.64 Å². The van der Waals surface area contributed by atoms with E-state index in [-0.39, 0.29) is 28.4 Å². The Hall–Kier alpha value is -2.29. The number of piperazine rings is 1. The maximum absolute atomic E-state index is 13.7. The average molecular weight is 506 g/mol. The zero-order valence-corrected chi connectivity index (χ0v) is 21.1. The van der Waals surface area contributed by atoms with Crippen LogP contribution >= 0.6 is 11.6 Å². The van der Waals surface area contributed by atoms with Crippen molar-refractivity contribution in [2.75, 3.05) is 44.7 Å². The number of hydrogen-bond donors (Lipinski definition) is 0. The first-order chi connectivity index (χ1) is 16.4. The van der Waals surface area contributed by atoms with Gasteiger partial charge in [0, 0.05) is 37.9 Å². The van der Waals surface area contributed by atoms with Crippen molar-refractivity contribution >= 4 is 33.2 Å². The van der Waals surface area contributed by atoms with E-state index in [1.807, 2.05) is 18.2 Å². The van der Waals surface area contributed by atoms with Crippen LogP contribution in [0.15, 0.2) is 53.4 Å². The molecule has 0 atom stereocenters. The SMILES string of the molecule is COc1ccc(S(=O)(=O)N(CC(=O)N2CCN(c3ccccc3)CC2)C2CCCCC2)cc1Cl. The standard InChI is InChI=1S/C25H32ClN3O4S/c1-33-24-13-12-22(18-23(24)26)34(31,32)29(21-10-6-3-7-11-21)19-25(30)28-16-14-27(15-17-28)20-8-4-2-5-9-20/h2,4-5,8-9,12-13,18,21H,3,6-7,10-11,14-17,19H2,1H3. The van der Waals surface area contributed by atoms with Crippen LogP contribution in [0.25, 0.3) is 0 Å². The van der Waals surface area contributed by atoms with Crippen LogP contribution in [0, 0.1) is 0 Å². The molecule has 0 N–H and O–H groups in total. The second-order valence-corrected chi connectivity index (χ2v) is 11.1. The Morgan fingerprint density at radius 2 is 1.71 bits per heavy atom. The number of anilines is 1. The molecule has 1 saturated heterocycles. The number of ether oxygens (including phenoxy) is 1. The quantitative estimate of drug-likeness (QED) is 0.568. The van der Waals surface area contributed by atoms with E-state index in [4.69, 9.17) is 16.3 Å². The molecule has 0 spiro atoms. The summed E-state index contributed by atoms with van der Waals surface area (Å²) in [6.07, 6.45) is 4.54. The molecule has 1 aliphatic heterocycles. The minimum Gasteiger partial charge on any atom is -0.495 e. The fourth-order valence-corrected chi connectivity index (χ4v) is 6.79. The Labute approximate surface area is 207 Å². The van der Waals surface area contributed by atoms with E-state index >= 15 is 0 Å². The molecule has 2 aliphatic rings. The summed E-state index contributed by atoms with van der Waals surface area (Å²) in [6.45, 7) is 2.43. The van der Waals surface area contributed by atoms with Gasteiger partial charge in [0.15, 0.2) is 0 Å². The number of benzene rings is 2. The first-order valence-electron chi connectivity index (χ1n) is 11.8. The van der Waals surface area contributed by atoms with Crippen molar-refractivity contribution in [2.24, 2.45) is 0 Å². The highest BCUT2D eigenvalue weighted by Gasteiger charge is 2.36. The van der Waals surface area contributed by atoms with Crippen molar-refractivity contribution in [3.05, 3.63) is 53.6 Å². The maximum atomic E-state index is 13.7. The highest BCUT2D eigenvalue weighted by Crippen LogP contribution is 2.32. The minimum absolute atomic E-state index is 0.0885. The minimum atomic E-state index is -3.90. The molecule has 0 bridgehead atoms. The van der Waals surface area contributed by atoms with E-state index < -0.39 is 10.0 Å². The third-order valence-corrected chi connectivity index (χ3v) is 8.95. The first kappa shape index (κ1) is 24.8. The van der Waals surface area contributed by atoms with Crippen molar-refractivity contribution < 1.29 is 17.9 Å². The fourth-order valence-electron chi connectivity index (χ4n) is 4.81. The molecule has 0 radical (unpaired) electrons. The van der Waals surface area contributed by atoms with Gasteiger partial charge >= 0.3 is 0 Å². The molecule has 1 heterocycles. The van der Waals surface area contributed by atoms with Crippen LogP contribution in [0.2, 0.25) is 5.02 Å². The van der Waals surface area contributed by atoms with Gasteiger partial charge < -0.3 is 14.5 Å². The summed E-state index contributed by atoms with van der Waals surface area (Å²) in [5.74, 6) is 0.263. The molecule has 2 aromatic carbocycles. The smallest absolute Gasteiger partial charge is 0.243 e. The van der Waals surface area contributed by atoms with Crippen LogP contribution in [-0.2, 0) is 14.8 Å². The van der Waals surface area contributed by atoms with Crippen molar-refractivity contribution in [1.82, 2.24) is 9.21 Å². The molecule has 7 nitrogen and oxygen atoms in total. The monoisotopic (exact) mass is 505 g/mol. The Morgan fingerprint density at radius 1 is 1.03 bits per heavy atom. The van der Waals surface area contributed by atoms with Gasteiger partial charge in [0.05, 0.1) is 23.6 Å². The number of nitrogens with zero attached hydrogens (tertiary/aromatic N) is 3. The van der Waals surface area contributed by atoms with Gasteiger partial charge in [-0.15, -0.1) is 0 Å². The number of halogens is 1. The van der Waals surface area contributed by atoms with Gasteiger partial charge in [0.2, 0.25) is 15.9 Å². The second kappa shape index (κ2) is 11.0. The summed E-state index contributed by atoms with van der Waals surface area (Å²) >= 11 is 6.23. The van der Waals surface area contributed by atoms with E-state index in [1.165, 1.54) is 23.5 Å². The summed E-state index contributed by atoms with van der Waals surface area (Å²) in [5.41, 5.74) is 1.14. The first-order valence-corrected chi connectivity index (χ1v) is 13.6. The highest BCUT2D eigenvalue weighted by molar-refractivity contribution is 7.89. The van der Waals surface area contributed by atoms with Gasteiger partial charge in [-0.05, 0) is 43.2 Å². The molecule has 34 heavy (non-hydrogen) atoms. The predicted octanol–water partition coefficient (Wildman–Crippen LogP) is 4.02. The lowest BCUT2D eigenvalue weighted by Crippen LogP contribution is -2.53. The van der Waals surface area contributed by atoms with Gasteiger partial charge in [-0.1, -0.05) is 49.1 Å². The summed E-state index contributed by atoms with van der Waals surface area (Å²) in [6, 6.07) is 14.4. The van der Waals surface area contributed by atoms with Crippen LogP contribution in [0.3, 0.4) is 0 Å². The van der Waals surface area contributed by atoms with E-state index in [0.717, 1.165) is 50.9 Å². The van der Waals surface area contributed by atoms with Crippen molar-refractivity contribution in [1.29, 1.82) is 0 Å². The molecule has 0 unspecified atom stereocenters. The molecular weight excluding hydrogens is 474 g/mol. The number of carbonyl (C=O) groups excluding carboxylic acids is 1. The van der Waals surface area contributed by atoms with Crippen LogP contribution in [-0.4, -0.2) is 69.4 Å². The molecule has 2 fully saturated rings. The number of methoxy groups -OCH3 is 1. The van der Waals surface area contributed by atoms with Crippen LogP contribution in [0.4, 0.5) is 5.69 Å². The predicted molar refractivity (Wildman–Crippen MR) is 134 cm³/mol. The molecule has 0 aromatic heterocycles. The van der Waals surface area contributed by atoms with E-state index in [2.05, 4.69) is 17.0 Å². The number of amides is 1. The second-order valence-electron chi connectivity index (χ2n) is 8.84. The highest BCUT2D eigenvalue weighted by atomic mass is 35.5. The largest absolute Gasteiger partial charge is 0.495 e. The van der Waals surface area contributed by atoms with Gasteiger partial charge in [-0.3, -0.25) is 4.79 Å². The number of para-hydroxylation sites is 1. The molecule has 9 heteroatoms. The zero-order chi connectivity index (χ0) is 24.1. The van der Waals surface area contributed by atoms with Crippen LogP contribution in [0.1, 0.15) is 32.1 Å².